The quantitative estimate of drug-likeness (QED) is 0.800. The van der Waals surface area contributed by atoms with Gasteiger partial charge < -0.3 is 9.88 Å². The molecule has 1 amide bonds. The van der Waals surface area contributed by atoms with E-state index in [-0.39, 0.29) is 11.6 Å². The van der Waals surface area contributed by atoms with E-state index in [4.69, 9.17) is 0 Å². The molecule has 0 fully saturated rings. The molecule has 1 N–H and O–H groups in total. The third kappa shape index (κ3) is 2.76. The standard InChI is InChI=1S/C17H16N6O/c24-17(14-11-18-8-9-19-14)20-13-6-4-12(5-7-13)16-22-21-15-3-1-2-10-23(15)16/h4-9,11H,1-3,10H2,(H,20,24). The fourth-order valence-electron chi connectivity index (χ4n) is 2.84. The average molecular weight is 320 g/mol. The van der Waals surface area contributed by atoms with E-state index in [1.165, 1.54) is 25.0 Å². The van der Waals surface area contributed by atoms with Gasteiger partial charge in [-0.25, -0.2) is 4.98 Å². The van der Waals surface area contributed by atoms with E-state index >= 15 is 0 Å². The molecule has 2 aromatic heterocycles. The number of hydrogen-bond donors (Lipinski definition) is 1. The smallest absolute Gasteiger partial charge is 0.275 e. The van der Waals surface area contributed by atoms with Crippen molar-refractivity contribution in [2.45, 2.75) is 25.8 Å². The molecule has 0 radical (unpaired) electrons. The zero-order chi connectivity index (χ0) is 16.4. The average Bonchev–Trinajstić information content (AvgIpc) is 3.07. The number of aromatic nitrogens is 5. The Morgan fingerprint density at radius 1 is 1.08 bits per heavy atom. The summed E-state index contributed by atoms with van der Waals surface area (Å²) in [6.45, 7) is 0.961. The molecule has 0 saturated heterocycles. The van der Waals surface area contributed by atoms with Gasteiger partial charge in [-0.2, -0.15) is 0 Å². The van der Waals surface area contributed by atoms with E-state index in [1.54, 1.807) is 0 Å². The Labute approximate surface area is 138 Å². The van der Waals surface area contributed by atoms with E-state index in [0.29, 0.717) is 5.69 Å². The number of hydrogen-bond acceptors (Lipinski definition) is 5. The Kier molecular flexibility index (Phi) is 3.74. The second-order valence-corrected chi connectivity index (χ2v) is 5.67. The summed E-state index contributed by atoms with van der Waals surface area (Å²) in [5, 5.41) is 11.4. The maximum atomic E-state index is 12.1. The van der Waals surface area contributed by atoms with Gasteiger partial charge in [-0.1, -0.05) is 0 Å². The largest absolute Gasteiger partial charge is 0.321 e. The molecule has 0 aliphatic carbocycles. The molecule has 3 heterocycles. The third-order valence-corrected chi connectivity index (χ3v) is 4.06. The van der Waals surface area contributed by atoms with Crippen molar-refractivity contribution in [3.05, 3.63) is 54.4 Å². The molecule has 0 unspecified atom stereocenters. The molecule has 4 rings (SSSR count). The zero-order valence-electron chi connectivity index (χ0n) is 13.0. The summed E-state index contributed by atoms with van der Waals surface area (Å²) >= 11 is 0. The van der Waals surface area contributed by atoms with Gasteiger partial charge in [-0.05, 0) is 37.1 Å². The number of rotatable bonds is 3. The fraction of sp³-hybridized carbons (Fsp3) is 0.235. The molecule has 1 aromatic carbocycles. The summed E-state index contributed by atoms with van der Waals surface area (Å²) in [6.07, 6.45) is 7.78. The Morgan fingerprint density at radius 2 is 1.96 bits per heavy atom. The molecule has 7 nitrogen and oxygen atoms in total. The van der Waals surface area contributed by atoms with Crippen LogP contribution >= 0.6 is 0 Å². The van der Waals surface area contributed by atoms with Crippen LogP contribution in [0.2, 0.25) is 0 Å². The van der Waals surface area contributed by atoms with Gasteiger partial charge in [0, 0.05) is 36.6 Å². The molecular weight excluding hydrogens is 304 g/mol. The molecule has 0 bridgehead atoms. The molecular formula is C17H16N6O. The maximum Gasteiger partial charge on any atom is 0.275 e. The first-order valence-electron chi connectivity index (χ1n) is 7.91. The first-order valence-corrected chi connectivity index (χ1v) is 7.91. The molecule has 3 aromatic rings. The molecule has 0 atom stereocenters. The molecule has 7 heteroatoms. The lowest BCUT2D eigenvalue weighted by molar-refractivity contribution is 0.102. The lowest BCUT2D eigenvalue weighted by atomic mass is 10.1. The Bertz CT molecular complexity index is 857. The normalized spacial score (nSPS) is 13.3. The van der Waals surface area contributed by atoms with E-state index in [9.17, 15) is 4.79 Å². The van der Waals surface area contributed by atoms with E-state index in [1.807, 2.05) is 24.3 Å². The highest BCUT2D eigenvalue weighted by molar-refractivity contribution is 6.02. The van der Waals surface area contributed by atoms with E-state index in [2.05, 4.69) is 30.0 Å². The van der Waals surface area contributed by atoms with Crippen molar-refractivity contribution in [2.24, 2.45) is 0 Å². The van der Waals surface area contributed by atoms with Crippen LogP contribution in [0.1, 0.15) is 29.2 Å². The summed E-state index contributed by atoms with van der Waals surface area (Å²) in [4.78, 5) is 20.0. The summed E-state index contributed by atoms with van der Waals surface area (Å²) in [5.41, 5.74) is 1.98. The van der Waals surface area contributed by atoms with E-state index in [0.717, 1.165) is 36.6 Å². The molecule has 0 spiro atoms. The van der Waals surface area contributed by atoms with Gasteiger partial charge in [0.1, 0.15) is 11.5 Å². The number of aryl methyl sites for hydroxylation is 1. The van der Waals surface area contributed by atoms with Crippen LogP contribution < -0.4 is 5.32 Å². The van der Waals surface area contributed by atoms with Crippen LogP contribution in [-0.2, 0) is 13.0 Å². The minimum Gasteiger partial charge on any atom is -0.321 e. The van der Waals surface area contributed by atoms with Gasteiger partial charge in [0.2, 0.25) is 0 Å². The van der Waals surface area contributed by atoms with Crippen molar-refractivity contribution >= 4 is 11.6 Å². The third-order valence-electron chi connectivity index (χ3n) is 4.06. The predicted molar refractivity (Wildman–Crippen MR) is 88.4 cm³/mol. The van der Waals surface area contributed by atoms with Gasteiger partial charge >= 0.3 is 0 Å². The van der Waals surface area contributed by atoms with Crippen LogP contribution in [0.4, 0.5) is 5.69 Å². The fourth-order valence-corrected chi connectivity index (χ4v) is 2.84. The Hall–Kier alpha value is -3.09. The van der Waals surface area contributed by atoms with Gasteiger partial charge in [0.15, 0.2) is 5.82 Å². The number of benzene rings is 1. The minimum atomic E-state index is -0.282. The minimum absolute atomic E-state index is 0.282. The van der Waals surface area contributed by atoms with Crippen molar-refractivity contribution in [3.8, 4) is 11.4 Å². The number of carbonyl (C=O) groups excluding carboxylic acids is 1. The van der Waals surface area contributed by atoms with Gasteiger partial charge in [-0.15, -0.1) is 10.2 Å². The molecule has 24 heavy (non-hydrogen) atoms. The monoisotopic (exact) mass is 320 g/mol. The molecule has 1 aliphatic rings. The van der Waals surface area contributed by atoms with Crippen LogP contribution in [-0.4, -0.2) is 30.6 Å². The highest BCUT2D eigenvalue weighted by atomic mass is 16.1. The van der Waals surface area contributed by atoms with Crippen molar-refractivity contribution in [1.29, 1.82) is 0 Å². The van der Waals surface area contributed by atoms with Crippen LogP contribution in [0.25, 0.3) is 11.4 Å². The number of anilines is 1. The number of carbonyl (C=O) groups is 1. The molecule has 0 saturated carbocycles. The van der Waals surface area contributed by atoms with Crippen molar-refractivity contribution in [3.63, 3.8) is 0 Å². The molecule has 120 valence electrons. The number of nitrogens with zero attached hydrogens (tertiary/aromatic N) is 5. The Morgan fingerprint density at radius 3 is 2.75 bits per heavy atom. The van der Waals surface area contributed by atoms with Crippen LogP contribution in [0.3, 0.4) is 0 Å². The second-order valence-electron chi connectivity index (χ2n) is 5.67. The summed E-state index contributed by atoms with van der Waals surface area (Å²) in [6, 6.07) is 7.60. The number of fused-ring (bicyclic) bond motifs is 1. The summed E-state index contributed by atoms with van der Waals surface area (Å²) in [5.74, 6) is 1.66. The van der Waals surface area contributed by atoms with E-state index < -0.39 is 0 Å². The van der Waals surface area contributed by atoms with Crippen molar-refractivity contribution < 1.29 is 4.79 Å². The van der Waals surface area contributed by atoms with Crippen molar-refractivity contribution in [1.82, 2.24) is 24.7 Å². The SMILES string of the molecule is O=C(Nc1ccc(-c2nnc3n2CCCC3)cc1)c1cnccn1. The van der Waals surface area contributed by atoms with Gasteiger partial charge in [0.05, 0.1) is 6.20 Å². The van der Waals surface area contributed by atoms with Crippen LogP contribution in [0, 0.1) is 0 Å². The first-order chi connectivity index (χ1) is 11.8. The van der Waals surface area contributed by atoms with Crippen molar-refractivity contribution in [2.75, 3.05) is 5.32 Å². The Balaban J connectivity index is 1.53. The lowest BCUT2D eigenvalue weighted by Gasteiger charge is -2.14. The zero-order valence-corrected chi connectivity index (χ0v) is 13.0. The van der Waals surface area contributed by atoms with Crippen LogP contribution in [0.5, 0.6) is 0 Å². The maximum absolute atomic E-state index is 12.1. The summed E-state index contributed by atoms with van der Waals surface area (Å²) < 4.78 is 2.18. The second kappa shape index (κ2) is 6.19. The highest BCUT2D eigenvalue weighted by Crippen LogP contribution is 2.24. The first kappa shape index (κ1) is 14.5. The molecule has 1 aliphatic heterocycles. The number of nitrogens with one attached hydrogen (secondary N) is 1. The lowest BCUT2D eigenvalue weighted by Crippen LogP contribution is -2.13. The van der Waals surface area contributed by atoms with Gasteiger partial charge in [-0.3, -0.25) is 9.78 Å². The summed E-state index contributed by atoms with van der Waals surface area (Å²) in [7, 11) is 0. The van der Waals surface area contributed by atoms with Crippen LogP contribution in [0.15, 0.2) is 42.9 Å². The topological polar surface area (TPSA) is 85.6 Å². The highest BCUT2D eigenvalue weighted by Gasteiger charge is 2.17. The van der Waals surface area contributed by atoms with Gasteiger partial charge in [0.25, 0.3) is 5.91 Å². The predicted octanol–water partition coefficient (Wildman–Crippen LogP) is 2.32. The number of amides is 1.